The Balaban J connectivity index is 1.72. The Bertz CT molecular complexity index is 1120. The van der Waals surface area contributed by atoms with Crippen molar-refractivity contribution >= 4 is 8.32 Å². The van der Waals surface area contributed by atoms with Crippen LogP contribution in [0.5, 0.6) is 5.75 Å². The molecule has 0 bridgehead atoms. The molecule has 164 valence electrons. The van der Waals surface area contributed by atoms with E-state index in [1.54, 1.807) is 0 Å². The van der Waals surface area contributed by atoms with Crippen LogP contribution in [-0.2, 0) is 28.8 Å². The highest BCUT2D eigenvalue weighted by Crippen LogP contribution is 2.36. The van der Waals surface area contributed by atoms with E-state index in [1.807, 2.05) is 48.5 Å². The van der Waals surface area contributed by atoms with Gasteiger partial charge >= 0.3 is 0 Å². The normalized spacial score (nSPS) is 14.3. The van der Waals surface area contributed by atoms with Gasteiger partial charge in [0, 0.05) is 5.56 Å². The summed E-state index contributed by atoms with van der Waals surface area (Å²) in [5.41, 5.74) is 6.58. The Labute approximate surface area is 191 Å². The summed E-state index contributed by atoms with van der Waals surface area (Å²) >= 11 is 0. The first kappa shape index (κ1) is 22.3. The molecule has 0 amide bonds. The summed E-state index contributed by atoms with van der Waals surface area (Å²) in [4.78, 5) is 0. The van der Waals surface area contributed by atoms with E-state index in [4.69, 9.17) is 13.9 Å². The molecule has 0 aliphatic carbocycles. The molecule has 1 unspecified atom stereocenters. The summed E-state index contributed by atoms with van der Waals surface area (Å²) in [5, 5.41) is 9.93. The third-order valence-electron chi connectivity index (χ3n) is 5.43. The van der Waals surface area contributed by atoms with Crippen LogP contribution in [0.25, 0.3) is 11.1 Å². The highest BCUT2D eigenvalue weighted by atomic mass is 28.4. The standard InChI is InChI=1S/C27H29NO3Si/c1-32(2,3)31-27(17-28)25-12-11-24(30-18-20-7-5-4-6-8-20)16-26(25)22-9-10-23-19-29-14-13-21(23)15-22/h4-12,15-16,27H,13-14,18-19H2,1-3H3. The molecule has 0 saturated heterocycles. The van der Waals surface area contributed by atoms with Crippen molar-refractivity contribution in [3.8, 4) is 22.9 Å². The van der Waals surface area contributed by atoms with Crippen molar-refractivity contribution in [2.45, 2.75) is 45.4 Å². The lowest BCUT2D eigenvalue weighted by molar-refractivity contribution is 0.111. The number of nitrogens with zero attached hydrogens (tertiary/aromatic N) is 1. The number of ether oxygens (including phenoxy) is 2. The van der Waals surface area contributed by atoms with Gasteiger partial charge in [0.05, 0.1) is 19.3 Å². The number of rotatable bonds is 7. The summed E-state index contributed by atoms with van der Waals surface area (Å²) < 4.78 is 17.9. The van der Waals surface area contributed by atoms with Gasteiger partial charge in [-0.3, -0.25) is 0 Å². The quantitative estimate of drug-likeness (QED) is 0.395. The van der Waals surface area contributed by atoms with Crippen molar-refractivity contribution < 1.29 is 13.9 Å². The first-order valence-electron chi connectivity index (χ1n) is 11.0. The molecular formula is C27H29NO3Si. The maximum absolute atomic E-state index is 9.93. The largest absolute Gasteiger partial charge is 0.489 e. The van der Waals surface area contributed by atoms with E-state index in [0.29, 0.717) is 13.2 Å². The number of nitriles is 1. The molecule has 0 saturated carbocycles. The Morgan fingerprint density at radius 1 is 1.00 bits per heavy atom. The minimum Gasteiger partial charge on any atom is -0.489 e. The zero-order valence-electron chi connectivity index (χ0n) is 18.9. The van der Waals surface area contributed by atoms with Gasteiger partial charge in [0.15, 0.2) is 14.4 Å². The fraction of sp³-hybridized carbons (Fsp3) is 0.296. The van der Waals surface area contributed by atoms with Crippen LogP contribution in [0, 0.1) is 11.3 Å². The lowest BCUT2D eigenvalue weighted by Gasteiger charge is -2.24. The molecule has 5 heteroatoms. The fourth-order valence-corrected chi connectivity index (χ4v) is 4.78. The molecule has 0 spiro atoms. The summed E-state index contributed by atoms with van der Waals surface area (Å²) in [6.45, 7) is 8.20. The maximum Gasteiger partial charge on any atom is 0.186 e. The van der Waals surface area contributed by atoms with E-state index in [1.165, 1.54) is 11.1 Å². The van der Waals surface area contributed by atoms with Crippen molar-refractivity contribution in [1.82, 2.24) is 0 Å². The van der Waals surface area contributed by atoms with Crippen molar-refractivity contribution in [2.75, 3.05) is 6.61 Å². The van der Waals surface area contributed by atoms with Gasteiger partial charge in [-0.05, 0) is 66.0 Å². The van der Waals surface area contributed by atoms with Crippen LogP contribution in [-0.4, -0.2) is 14.9 Å². The van der Waals surface area contributed by atoms with Crippen LogP contribution in [0.15, 0.2) is 66.7 Å². The minimum absolute atomic E-state index is 0.494. The van der Waals surface area contributed by atoms with Crippen LogP contribution < -0.4 is 4.74 Å². The number of fused-ring (bicyclic) bond motifs is 1. The molecule has 0 N–H and O–H groups in total. The zero-order chi connectivity index (χ0) is 22.6. The van der Waals surface area contributed by atoms with E-state index in [-0.39, 0.29) is 0 Å². The van der Waals surface area contributed by atoms with E-state index < -0.39 is 14.4 Å². The first-order chi connectivity index (χ1) is 15.4. The lowest BCUT2D eigenvalue weighted by Crippen LogP contribution is -2.27. The second-order valence-electron chi connectivity index (χ2n) is 9.05. The molecule has 1 aliphatic rings. The molecule has 32 heavy (non-hydrogen) atoms. The first-order valence-corrected chi connectivity index (χ1v) is 14.4. The number of benzene rings is 3. The molecule has 1 atom stereocenters. The molecule has 1 aliphatic heterocycles. The smallest absolute Gasteiger partial charge is 0.186 e. The zero-order valence-corrected chi connectivity index (χ0v) is 19.9. The molecular weight excluding hydrogens is 414 g/mol. The molecule has 4 rings (SSSR count). The molecule has 0 fully saturated rings. The third-order valence-corrected chi connectivity index (χ3v) is 6.38. The van der Waals surface area contributed by atoms with Crippen molar-refractivity contribution in [1.29, 1.82) is 5.26 Å². The maximum atomic E-state index is 9.93. The molecule has 0 aromatic heterocycles. The van der Waals surface area contributed by atoms with Gasteiger partial charge in [0.2, 0.25) is 0 Å². The van der Waals surface area contributed by atoms with E-state index in [2.05, 4.69) is 43.9 Å². The highest BCUT2D eigenvalue weighted by Gasteiger charge is 2.25. The van der Waals surface area contributed by atoms with Crippen molar-refractivity contribution in [3.05, 3.63) is 89.0 Å². The topological polar surface area (TPSA) is 51.5 Å². The van der Waals surface area contributed by atoms with Gasteiger partial charge in [0.25, 0.3) is 0 Å². The fourth-order valence-electron chi connectivity index (χ4n) is 3.89. The minimum atomic E-state index is -1.91. The van der Waals surface area contributed by atoms with Gasteiger partial charge in [-0.25, -0.2) is 0 Å². The van der Waals surface area contributed by atoms with Gasteiger partial charge in [-0.1, -0.05) is 54.6 Å². The third kappa shape index (κ3) is 5.46. The number of hydrogen-bond acceptors (Lipinski definition) is 4. The van der Waals surface area contributed by atoms with E-state index in [0.717, 1.165) is 41.0 Å². The molecule has 3 aromatic rings. The lowest BCUT2D eigenvalue weighted by atomic mass is 9.92. The molecule has 0 radical (unpaired) electrons. The van der Waals surface area contributed by atoms with Gasteiger partial charge in [0.1, 0.15) is 12.4 Å². The predicted octanol–water partition coefficient (Wildman–Crippen LogP) is 6.42. The van der Waals surface area contributed by atoms with E-state index in [9.17, 15) is 5.26 Å². The molecule has 1 heterocycles. The summed E-state index contributed by atoms with van der Waals surface area (Å²) in [6.07, 6.45) is 0.287. The Kier molecular flexibility index (Phi) is 6.76. The number of hydrogen-bond donors (Lipinski definition) is 0. The summed E-state index contributed by atoms with van der Waals surface area (Å²) in [5.74, 6) is 0.776. The second kappa shape index (κ2) is 9.70. The summed E-state index contributed by atoms with van der Waals surface area (Å²) in [6, 6.07) is 24.9. The summed E-state index contributed by atoms with van der Waals surface area (Å²) in [7, 11) is -1.91. The van der Waals surface area contributed by atoms with Crippen LogP contribution in [0.1, 0.15) is 28.4 Å². The van der Waals surface area contributed by atoms with Crippen molar-refractivity contribution in [3.63, 3.8) is 0 Å². The van der Waals surface area contributed by atoms with Gasteiger partial charge in [-0.15, -0.1) is 0 Å². The second-order valence-corrected chi connectivity index (χ2v) is 13.5. The van der Waals surface area contributed by atoms with Gasteiger partial charge in [-0.2, -0.15) is 5.26 Å². The van der Waals surface area contributed by atoms with Crippen LogP contribution in [0.4, 0.5) is 0 Å². The highest BCUT2D eigenvalue weighted by molar-refractivity contribution is 6.69. The average Bonchev–Trinajstić information content (AvgIpc) is 2.81. The molecule has 4 nitrogen and oxygen atoms in total. The van der Waals surface area contributed by atoms with Crippen molar-refractivity contribution in [2.24, 2.45) is 0 Å². The Morgan fingerprint density at radius 3 is 2.56 bits per heavy atom. The Hall–Kier alpha value is -2.91. The monoisotopic (exact) mass is 443 g/mol. The van der Waals surface area contributed by atoms with E-state index >= 15 is 0 Å². The van der Waals surface area contributed by atoms with Crippen LogP contribution >= 0.6 is 0 Å². The Morgan fingerprint density at radius 2 is 1.81 bits per heavy atom. The van der Waals surface area contributed by atoms with Crippen LogP contribution in [0.2, 0.25) is 19.6 Å². The van der Waals surface area contributed by atoms with Crippen LogP contribution in [0.3, 0.4) is 0 Å². The predicted molar refractivity (Wildman–Crippen MR) is 129 cm³/mol. The van der Waals surface area contributed by atoms with Gasteiger partial charge < -0.3 is 13.9 Å². The SMILES string of the molecule is C[Si](C)(C)OC(C#N)c1ccc(OCc2ccccc2)cc1-c1ccc2c(c1)CCOC2. The molecule has 3 aromatic carbocycles. The average molecular weight is 444 g/mol.